The standard InChI is InChI=1S/C20H17Cl2N5O3/c1-11-2-7-14(8-15(11)22)27-19(29)17-18(20(27)30)26(25-24-17)10-16(28)23-9-12-3-5-13(21)6-4-12/h2-8,17-18H,9-10H2,1H3,(H,23,28). The Bertz CT molecular complexity index is 1060. The number of aryl methyl sites for hydroxylation is 1. The average molecular weight is 446 g/mol. The van der Waals surface area contributed by atoms with E-state index < -0.39 is 23.9 Å². The lowest BCUT2D eigenvalue weighted by Crippen LogP contribution is -2.44. The third-order valence-corrected chi connectivity index (χ3v) is 5.64. The quantitative estimate of drug-likeness (QED) is 0.715. The van der Waals surface area contributed by atoms with Gasteiger partial charge in [-0.1, -0.05) is 46.6 Å². The highest BCUT2D eigenvalue weighted by Gasteiger charge is 2.55. The minimum Gasteiger partial charge on any atom is -0.350 e. The van der Waals surface area contributed by atoms with E-state index in [1.165, 1.54) is 5.01 Å². The third-order valence-electron chi connectivity index (χ3n) is 4.98. The second kappa shape index (κ2) is 8.04. The van der Waals surface area contributed by atoms with Crippen molar-refractivity contribution in [2.24, 2.45) is 10.3 Å². The van der Waals surface area contributed by atoms with Crippen molar-refractivity contribution in [3.63, 3.8) is 0 Å². The fourth-order valence-electron chi connectivity index (χ4n) is 3.34. The van der Waals surface area contributed by atoms with Crippen molar-refractivity contribution >= 4 is 46.6 Å². The predicted octanol–water partition coefficient (Wildman–Crippen LogP) is 2.91. The van der Waals surface area contributed by atoms with Gasteiger partial charge in [-0.05, 0) is 42.3 Å². The average Bonchev–Trinajstić information content (AvgIpc) is 3.23. The normalized spacial score (nSPS) is 20.1. The Morgan fingerprint density at radius 1 is 1.10 bits per heavy atom. The van der Waals surface area contributed by atoms with Gasteiger partial charge in [0.05, 0.1) is 5.69 Å². The second-order valence-corrected chi connectivity index (χ2v) is 7.88. The molecule has 4 rings (SSSR count). The molecule has 2 aliphatic rings. The molecule has 0 aliphatic carbocycles. The van der Waals surface area contributed by atoms with Crippen LogP contribution in [0.15, 0.2) is 52.8 Å². The molecular weight excluding hydrogens is 429 g/mol. The molecule has 2 aromatic carbocycles. The van der Waals surface area contributed by atoms with Crippen LogP contribution in [0.5, 0.6) is 0 Å². The van der Waals surface area contributed by atoms with Crippen molar-refractivity contribution < 1.29 is 14.4 Å². The minimum absolute atomic E-state index is 0.195. The maximum atomic E-state index is 13.0. The Morgan fingerprint density at radius 2 is 1.83 bits per heavy atom. The van der Waals surface area contributed by atoms with Crippen LogP contribution in [0.1, 0.15) is 11.1 Å². The summed E-state index contributed by atoms with van der Waals surface area (Å²) in [5.41, 5.74) is 2.08. The van der Waals surface area contributed by atoms with E-state index in [0.29, 0.717) is 22.3 Å². The first-order chi connectivity index (χ1) is 14.3. The minimum atomic E-state index is -0.971. The van der Waals surface area contributed by atoms with Crippen LogP contribution in [0.3, 0.4) is 0 Å². The number of imide groups is 1. The van der Waals surface area contributed by atoms with Crippen molar-refractivity contribution in [2.45, 2.75) is 25.6 Å². The monoisotopic (exact) mass is 445 g/mol. The van der Waals surface area contributed by atoms with Gasteiger partial charge in [0.2, 0.25) is 5.91 Å². The topological polar surface area (TPSA) is 94.4 Å². The molecule has 0 bridgehead atoms. The molecule has 2 heterocycles. The van der Waals surface area contributed by atoms with Gasteiger partial charge >= 0.3 is 0 Å². The zero-order chi connectivity index (χ0) is 21.4. The smallest absolute Gasteiger partial charge is 0.263 e. The van der Waals surface area contributed by atoms with Gasteiger partial charge in [0.15, 0.2) is 12.1 Å². The molecule has 30 heavy (non-hydrogen) atoms. The number of amides is 3. The molecule has 8 nitrogen and oxygen atoms in total. The van der Waals surface area contributed by atoms with Crippen molar-refractivity contribution in [3.8, 4) is 0 Å². The summed E-state index contributed by atoms with van der Waals surface area (Å²) < 4.78 is 0. The number of hydrogen-bond acceptors (Lipinski definition) is 6. The number of benzene rings is 2. The zero-order valence-electron chi connectivity index (χ0n) is 15.9. The molecular formula is C20H17Cl2N5O3. The molecule has 2 atom stereocenters. The van der Waals surface area contributed by atoms with Gasteiger partial charge in [0.25, 0.3) is 11.8 Å². The van der Waals surface area contributed by atoms with Crippen LogP contribution >= 0.6 is 23.2 Å². The Kier molecular flexibility index (Phi) is 5.44. The van der Waals surface area contributed by atoms with Gasteiger partial charge in [-0.15, -0.1) is 0 Å². The fourth-order valence-corrected chi connectivity index (χ4v) is 3.64. The highest BCUT2D eigenvalue weighted by atomic mass is 35.5. The number of carbonyl (C=O) groups is 3. The van der Waals surface area contributed by atoms with Gasteiger partial charge in [-0.25, -0.2) is 4.90 Å². The molecule has 0 saturated carbocycles. The maximum absolute atomic E-state index is 13.0. The highest BCUT2D eigenvalue weighted by Crippen LogP contribution is 2.33. The van der Waals surface area contributed by atoms with Crippen molar-refractivity contribution in [2.75, 3.05) is 11.4 Å². The largest absolute Gasteiger partial charge is 0.350 e. The number of fused-ring (bicyclic) bond motifs is 1. The fraction of sp³-hybridized carbons (Fsp3) is 0.250. The van der Waals surface area contributed by atoms with Crippen LogP contribution in [-0.2, 0) is 20.9 Å². The molecule has 2 unspecified atom stereocenters. The zero-order valence-corrected chi connectivity index (χ0v) is 17.4. The number of rotatable bonds is 5. The number of halogens is 2. The number of nitrogens with one attached hydrogen (secondary N) is 1. The Balaban J connectivity index is 1.43. The lowest BCUT2D eigenvalue weighted by molar-refractivity contribution is -0.125. The molecule has 0 aromatic heterocycles. The van der Waals surface area contributed by atoms with Gasteiger partial charge in [-0.3, -0.25) is 19.4 Å². The summed E-state index contributed by atoms with van der Waals surface area (Å²) in [5, 5.41) is 12.9. The number of anilines is 1. The molecule has 0 radical (unpaired) electrons. The number of hydrogen-bond donors (Lipinski definition) is 1. The first-order valence-electron chi connectivity index (χ1n) is 9.17. The molecule has 10 heteroatoms. The first-order valence-corrected chi connectivity index (χ1v) is 9.93. The van der Waals surface area contributed by atoms with Crippen molar-refractivity contribution in [3.05, 3.63) is 63.6 Å². The summed E-state index contributed by atoms with van der Waals surface area (Å²) in [7, 11) is 0. The SMILES string of the molecule is Cc1ccc(N2C(=O)C3N=NN(CC(=O)NCc4ccc(Cl)cc4)C3C2=O)cc1Cl. The molecule has 1 saturated heterocycles. The van der Waals surface area contributed by atoms with Crippen molar-refractivity contribution in [1.82, 2.24) is 10.3 Å². The summed E-state index contributed by atoms with van der Waals surface area (Å²) in [6, 6.07) is 10.1. The van der Waals surface area contributed by atoms with E-state index in [4.69, 9.17) is 23.2 Å². The molecule has 154 valence electrons. The lowest BCUT2D eigenvalue weighted by atomic mass is 10.1. The van der Waals surface area contributed by atoms with Gasteiger partial charge < -0.3 is 5.32 Å². The van der Waals surface area contributed by atoms with Gasteiger partial charge in [0.1, 0.15) is 6.54 Å². The van der Waals surface area contributed by atoms with Crippen LogP contribution in [-0.4, -0.2) is 41.4 Å². The van der Waals surface area contributed by atoms with Crippen LogP contribution in [0.4, 0.5) is 5.69 Å². The van der Waals surface area contributed by atoms with Crippen LogP contribution in [0, 0.1) is 6.92 Å². The van der Waals surface area contributed by atoms with Crippen LogP contribution in [0.25, 0.3) is 0 Å². The molecule has 1 fully saturated rings. The Hall–Kier alpha value is -2.97. The van der Waals surface area contributed by atoms with E-state index >= 15 is 0 Å². The molecule has 2 aromatic rings. The summed E-state index contributed by atoms with van der Waals surface area (Å²) in [6.45, 7) is 1.93. The number of nitrogens with zero attached hydrogens (tertiary/aromatic N) is 4. The molecule has 0 spiro atoms. The highest BCUT2D eigenvalue weighted by molar-refractivity contribution is 6.32. The Labute approximate surface area is 182 Å². The second-order valence-electron chi connectivity index (χ2n) is 7.04. The van der Waals surface area contributed by atoms with Gasteiger partial charge in [0, 0.05) is 16.6 Å². The molecule has 2 aliphatic heterocycles. The van der Waals surface area contributed by atoms with Crippen molar-refractivity contribution in [1.29, 1.82) is 0 Å². The third kappa shape index (κ3) is 3.76. The summed E-state index contributed by atoms with van der Waals surface area (Å²) in [5.74, 6) is -1.32. The summed E-state index contributed by atoms with van der Waals surface area (Å²) in [6.07, 6.45) is 0. The van der Waals surface area contributed by atoms with E-state index in [0.717, 1.165) is 16.0 Å². The lowest BCUT2D eigenvalue weighted by Gasteiger charge is -2.20. The van der Waals surface area contributed by atoms with Gasteiger partial charge in [-0.2, -0.15) is 5.11 Å². The van der Waals surface area contributed by atoms with Crippen LogP contribution < -0.4 is 10.2 Å². The van der Waals surface area contributed by atoms with E-state index in [2.05, 4.69) is 15.7 Å². The Morgan fingerprint density at radius 3 is 2.53 bits per heavy atom. The van der Waals surface area contributed by atoms with E-state index in [1.807, 2.05) is 6.92 Å². The van der Waals surface area contributed by atoms with E-state index in [9.17, 15) is 14.4 Å². The molecule has 1 N–H and O–H groups in total. The first kappa shape index (κ1) is 20.3. The maximum Gasteiger partial charge on any atom is 0.263 e. The molecule has 3 amide bonds. The van der Waals surface area contributed by atoms with E-state index in [-0.39, 0.29) is 12.5 Å². The predicted molar refractivity (Wildman–Crippen MR) is 111 cm³/mol. The van der Waals surface area contributed by atoms with E-state index in [1.54, 1.807) is 42.5 Å². The summed E-state index contributed by atoms with van der Waals surface area (Å²) in [4.78, 5) is 39.1. The summed E-state index contributed by atoms with van der Waals surface area (Å²) >= 11 is 12.0. The number of carbonyl (C=O) groups excluding carboxylic acids is 3. The van der Waals surface area contributed by atoms with Crippen LogP contribution in [0.2, 0.25) is 10.0 Å².